The van der Waals surface area contributed by atoms with Gasteiger partial charge in [-0.05, 0) is 36.6 Å². The van der Waals surface area contributed by atoms with E-state index in [0.29, 0.717) is 30.9 Å². The number of rotatable bonds is 9. The Morgan fingerprint density at radius 2 is 1.93 bits per heavy atom. The molecule has 0 radical (unpaired) electrons. The molecule has 2 rings (SSSR count). The van der Waals surface area contributed by atoms with Crippen LogP contribution in [0.4, 0.5) is 0 Å². The van der Waals surface area contributed by atoms with Gasteiger partial charge in [-0.3, -0.25) is 9.79 Å². The van der Waals surface area contributed by atoms with Crippen LogP contribution in [0.3, 0.4) is 0 Å². The smallest absolute Gasteiger partial charge is 0.251 e. The van der Waals surface area contributed by atoms with Crippen molar-refractivity contribution in [1.82, 2.24) is 16.0 Å². The second-order valence-corrected chi connectivity index (χ2v) is 7.92. The number of thiophene rings is 1. The number of amides is 1. The van der Waals surface area contributed by atoms with Crippen LogP contribution in [0.15, 0.2) is 46.8 Å². The second-order valence-electron chi connectivity index (χ2n) is 6.97. The first-order valence-corrected chi connectivity index (χ1v) is 10.3. The molecule has 7 heteroatoms. The number of carbonyl (C=O) groups is 1. The van der Waals surface area contributed by atoms with Crippen molar-refractivity contribution in [3.63, 3.8) is 0 Å². The monoisotopic (exact) mass is 402 g/mol. The molecule has 3 N–H and O–H groups in total. The fourth-order valence-electron chi connectivity index (χ4n) is 2.58. The van der Waals surface area contributed by atoms with Crippen LogP contribution in [0.1, 0.15) is 36.0 Å². The van der Waals surface area contributed by atoms with E-state index in [-0.39, 0.29) is 11.3 Å². The zero-order chi connectivity index (χ0) is 20.4. The predicted molar refractivity (Wildman–Crippen MR) is 117 cm³/mol. The first-order chi connectivity index (χ1) is 13.5. The zero-order valence-electron chi connectivity index (χ0n) is 17.0. The average molecular weight is 403 g/mol. The maximum absolute atomic E-state index is 12.2. The van der Waals surface area contributed by atoms with Crippen molar-refractivity contribution >= 4 is 23.2 Å². The number of nitrogens with one attached hydrogen (secondary N) is 3. The lowest BCUT2D eigenvalue weighted by Crippen LogP contribution is -2.42. The largest absolute Gasteiger partial charge is 0.497 e. The highest BCUT2D eigenvalue weighted by Gasteiger charge is 2.21. The molecule has 0 saturated heterocycles. The second kappa shape index (κ2) is 10.7. The van der Waals surface area contributed by atoms with E-state index in [9.17, 15) is 4.79 Å². The lowest BCUT2D eigenvalue weighted by molar-refractivity contribution is 0.0954. The van der Waals surface area contributed by atoms with E-state index in [4.69, 9.17) is 9.73 Å². The van der Waals surface area contributed by atoms with E-state index >= 15 is 0 Å². The van der Waals surface area contributed by atoms with Crippen LogP contribution in [0.2, 0.25) is 0 Å². The minimum absolute atomic E-state index is 0.0168. The third-order valence-electron chi connectivity index (χ3n) is 4.20. The summed E-state index contributed by atoms with van der Waals surface area (Å²) in [5, 5.41) is 11.5. The third kappa shape index (κ3) is 6.56. The number of methoxy groups -OCH3 is 1. The number of hydrogen-bond donors (Lipinski definition) is 3. The van der Waals surface area contributed by atoms with Gasteiger partial charge < -0.3 is 20.7 Å². The third-order valence-corrected chi connectivity index (χ3v) is 5.44. The maximum atomic E-state index is 12.2. The van der Waals surface area contributed by atoms with Crippen molar-refractivity contribution in [3.8, 4) is 5.75 Å². The molecule has 0 fully saturated rings. The van der Waals surface area contributed by atoms with E-state index in [1.165, 1.54) is 4.88 Å². The molecule has 0 aliphatic rings. The average Bonchev–Trinajstić information content (AvgIpc) is 3.25. The van der Waals surface area contributed by atoms with Gasteiger partial charge in [0.15, 0.2) is 5.96 Å². The van der Waals surface area contributed by atoms with Crippen molar-refractivity contribution in [2.45, 2.75) is 26.2 Å². The number of hydrogen-bond acceptors (Lipinski definition) is 4. The molecule has 6 nitrogen and oxygen atoms in total. The summed E-state index contributed by atoms with van der Waals surface area (Å²) in [5.41, 5.74) is 0.564. The van der Waals surface area contributed by atoms with Gasteiger partial charge in [-0.25, -0.2) is 0 Å². The molecule has 0 unspecified atom stereocenters. The highest BCUT2D eigenvalue weighted by Crippen LogP contribution is 2.27. The van der Waals surface area contributed by atoms with E-state index in [1.807, 2.05) is 13.0 Å². The van der Waals surface area contributed by atoms with Gasteiger partial charge in [-0.2, -0.15) is 0 Å². The topological polar surface area (TPSA) is 74.8 Å². The van der Waals surface area contributed by atoms with Crippen molar-refractivity contribution in [2.24, 2.45) is 4.99 Å². The molecular weight excluding hydrogens is 372 g/mol. The van der Waals surface area contributed by atoms with Gasteiger partial charge in [0.2, 0.25) is 0 Å². The van der Waals surface area contributed by atoms with E-state index in [1.54, 1.807) is 36.6 Å². The summed E-state index contributed by atoms with van der Waals surface area (Å²) in [6.07, 6.45) is 0. The quantitative estimate of drug-likeness (QED) is 0.342. The van der Waals surface area contributed by atoms with Crippen LogP contribution in [0.5, 0.6) is 5.75 Å². The van der Waals surface area contributed by atoms with Crippen LogP contribution in [0.25, 0.3) is 0 Å². The molecule has 1 aromatic heterocycles. The fraction of sp³-hybridized carbons (Fsp3) is 0.429. The molecule has 0 atom stereocenters. The van der Waals surface area contributed by atoms with Crippen molar-refractivity contribution in [1.29, 1.82) is 0 Å². The van der Waals surface area contributed by atoms with E-state index in [2.05, 4.69) is 47.3 Å². The molecular formula is C21H30N4O2S. The Bertz CT molecular complexity index is 772. The number of carbonyl (C=O) groups excluding carboxylic acids is 1. The van der Waals surface area contributed by atoms with E-state index < -0.39 is 0 Å². The molecule has 2 aromatic rings. The van der Waals surface area contributed by atoms with Gasteiger partial charge >= 0.3 is 0 Å². The Morgan fingerprint density at radius 3 is 2.61 bits per heavy atom. The summed E-state index contributed by atoms with van der Waals surface area (Å²) >= 11 is 1.75. The van der Waals surface area contributed by atoms with Gasteiger partial charge in [0.05, 0.1) is 13.7 Å². The first kappa shape index (κ1) is 21.8. The van der Waals surface area contributed by atoms with Crippen LogP contribution in [-0.4, -0.2) is 45.2 Å². The summed E-state index contributed by atoms with van der Waals surface area (Å²) in [7, 11) is 1.59. The molecule has 0 saturated carbocycles. The van der Waals surface area contributed by atoms with Gasteiger partial charge in [0.25, 0.3) is 5.91 Å². The van der Waals surface area contributed by atoms with Gasteiger partial charge in [-0.15, -0.1) is 11.3 Å². The minimum atomic E-state index is -0.124. The van der Waals surface area contributed by atoms with Crippen LogP contribution < -0.4 is 20.7 Å². The van der Waals surface area contributed by atoms with E-state index in [0.717, 1.165) is 12.5 Å². The number of aliphatic imine (C=N–C) groups is 1. The number of ether oxygens (including phenoxy) is 1. The van der Waals surface area contributed by atoms with Crippen LogP contribution in [0, 0.1) is 0 Å². The Labute approximate surface area is 171 Å². The van der Waals surface area contributed by atoms with Crippen molar-refractivity contribution in [3.05, 3.63) is 52.2 Å². The molecule has 0 aliphatic heterocycles. The lowest BCUT2D eigenvalue weighted by Gasteiger charge is -2.22. The molecule has 0 spiro atoms. The molecule has 1 amide bonds. The Hall–Kier alpha value is -2.54. The van der Waals surface area contributed by atoms with Crippen molar-refractivity contribution in [2.75, 3.05) is 33.3 Å². The highest BCUT2D eigenvalue weighted by molar-refractivity contribution is 7.10. The number of benzene rings is 1. The lowest BCUT2D eigenvalue weighted by atomic mass is 9.92. The summed E-state index contributed by atoms with van der Waals surface area (Å²) in [5.74, 6) is 1.30. The number of nitrogens with zero attached hydrogens (tertiary/aromatic N) is 1. The summed E-state index contributed by atoms with van der Waals surface area (Å²) < 4.78 is 5.15. The zero-order valence-corrected chi connectivity index (χ0v) is 17.9. The summed E-state index contributed by atoms with van der Waals surface area (Å²) in [6.45, 7) is 8.96. The molecule has 0 aliphatic carbocycles. The molecule has 1 aromatic carbocycles. The van der Waals surface area contributed by atoms with Gasteiger partial charge in [0.1, 0.15) is 5.75 Å². The Morgan fingerprint density at radius 1 is 1.14 bits per heavy atom. The minimum Gasteiger partial charge on any atom is -0.497 e. The fourth-order valence-corrected chi connectivity index (χ4v) is 3.43. The first-order valence-electron chi connectivity index (χ1n) is 9.44. The SMILES string of the molecule is CCNC(=NCC(C)(C)c1cccs1)NCCNC(=O)c1cccc(OC)c1. The molecule has 0 bridgehead atoms. The maximum Gasteiger partial charge on any atom is 0.251 e. The Balaban J connectivity index is 1.83. The normalized spacial score (nSPS) is 11.8. The van der Waals surface area contributed by atoms with Crippen LogP contribution >= 0.6 is 11.3 Å². The molecule has 1 heterocycles. The van der Waals surface area contributed by atoms with Gasteiger partial charge in [-0.1, -0.05) is 26.0 Å². The standard InChI is InChI=1S/C21H30N4O2S/c1-5-22-20(25-15-21(2,3)18-10-7-13-28-18)24-12-11-23-19(26)16-8-6-9-17(14-16)27-4/h6-10,13-14H,5,11-12,15H2,1-4H3,(H,23,26)(H2,22,24,25). The molecule has 152 valence electrons. The van der Waals surface area contributed by atoms with Crippen molar-refractivity contribution < 1.29 is 9.53 Å². The summed E-state index contributed by atoms with van der Waals surface area (Å²) in [6, 6.07) is 11.3. The van der Waals surface area contributed by atoms with Crippen LogP contribution in [-0.2, 0) is 5.41 Å². The summed E-state index contributed by atoms with van der Waals surface area (Å²) in [4.78, 5) is 18.3. The predicted octanol–water partition coefficient (Wildman–Crippen LogP) is 3.02. The Kier molecular flexibility index (Phi) is 8.32. The highest BCUT2D eigenvalue weighted by atomic mass is 32.1. The molecule has 28 heavy (non-hydrogen) atoms. The number of guanidine groups is 1. The van der Waals surface area contributed by atoms with Gasteiger partial charge in [0, 0.05) is 35.5 Å².